The Morgan fingerprint density at radius 3 is 2.75 bits per heavy atom. The minimum Gasteiger partial charge on any atom is -0.435 e. The van der Waals surface area contributed by atoms with Crippen molar-refractivity contribution in [1.82, 2.24) is 15.5 Å². The first-order chi connectivity index (χ1) is 11.7. The number of halogens is 2. The molecule has 0 aliphatic carbocycles. The second kappa shape index (κ2) is 10.1. The van der Waals surface area contributed by atoms with Crippen LogP contribution in [0.4, 0.5) is 8.78 Å². The highest BCUT2D eigenvalue weighted by molar-refractivity contribution is 5.79. The van der Waals surface area contributed by atoms with Crippen molar-refractivity contribution in [2.75, 3.05) is 33.2 Å². The van der Waals surface area contributed by atoms with Gasteiger partial charge in [-0.15, -0.1) is 0 Å². The minimum atomic E-state index is -2.81. The normalized spacial score (nSPS) is 16.2. The first-order valence-corrected chi connectivity index (χ1v) is 8.38. The third kappa shape index (κ3) is 6.70. The number of alkyl halides is 2. The Morgan fingerprint density at radius 1 is 1.25 bits per heavy atom. The number of piperidine rings is 1. The van der Waals surface area contributed by atoms with Gasteiger partial charge in [0, 0.05) is 26.7 Å². The highest BCUT2D eigenvalue weighted by atomic mass is 19.3. The Hall–Kier alpha value is -1.89. The fourth-order valence-corrected chi connectivity index (χ4v) is 2.75. The summed E-state index contributed by atoms with van der Waals surface area (Å²) in [6, 6.07) is 6.66. The summed E-state index contributed by atoms with van der Waals surface area (Å²) < 4.78 is 28.9. The molecule has 1 heterocycles. The predicted molar refractivity (Wildman–Crippen MR) is 91.6 cm³/mol. The number of hydrogen-bond donors (Lipinski definition) is 2. The molecule has 7 heteroatoms. The number of benzene rings is 1. The Morgan fingerprint density at radius 2 is 2.04 bits per heavy atom. The van der Waals surface area contributed by atoms with Crippen molar-refractivity contribution in [1.29, 1.82) is 0 Å². The van der Waals surface area contributed by atoms with E-state index in [2.05, 4.69) is 25.3 Å². The van der Waals surface area contributed by atoms with Crippen LogP contribution in [0.15, 0.2) is 29.3 Å². The number of hydrogen-bond acceptors (Lipinski definition) is 3. The van der Waals surface area contributed by atoms with E-state index in [1.165, 1.54) is 38.4 Å². The molecule has 0 saturated carbocycles. The van der Waals surface area contributed by atoms with Crippen LogP contribution in [0, 0.1) is 0 Å². The van der Waals surface area contributed by atoms with Crippen LogP contribution in [0.5, 0.6) is 5.75 Å². The summed E-state index contributed by atoms with van der Waals surface area (Å²) in [6.07, 6.45) is 3.90. The minimum absolute atomic E-state index is 0.164. The SMILES string of the molecule is CN=C(NCCN1CCCCC1)NCc1cccc(OC(F)F)c1. The van der Waals surface area contributed by atoms with E-state index in [1.54, 1.807) is 19.2 Å². The van der Waals surface area contributed by atoms with E-state index in [-0.39, 0.29) is 5.75 Å². The molecule has 0 radical (unpaired) electrons. The molecule has 1 aromatic carbocycles. The molecule has 134 valence electrons. The average molecular weight is 340 g/mol. The van der Waals surface area contributed by atoms with E-state index in [0.29, 0.717) is 12.5 Å². The van der Waals surface area contributed by atoms with Crippen LogP contribution >= 0.6 is 0 Å². The van der Waals surface area contributed by atoms with Gasteiger partial charge in [0.25, 0.3) is 0 Å². The number of nitrogens with one attached hydrogen (secondary N) is 2. The number of likely N-dealkylation sites (tertiary alicyclic amines) is 1. The van der Waals surface area contributed by atoms with Gasteiger partial charge < -0.3 is 20.3 Å². The van der Waals surface area contributed by atoms with Gasteiger partial charge in [-0.05, 0) is 43.6 Å². The molecule has 2 rings (SSSR count). The van der Waals surface area contributed by atoms with Gasteiger partial charge in [0.05, 0.1) is 0 Å². The summed E-state index contributed by atoms with van der Waals surface area (Å²) in [6.45, 7) is 1.85. The maximum Gasteiger partial charge on any atom is 0.387 e. The Kier molecular flexibility index (Phi) is 7.74. The van der Waals surface area contributed by atoms with E-state index in [4.69, 9.17) is 0 Å². The smallest absolute Gasteiger partial charge is 0.387 e. The highest BCUT2D eigenvalue weighted by Crippen LogP contribution is 2.15. The molecule has 24 heavy (non-hydrogen) atoms. The molecule has 2 N–H and O–H groups in total. The van der Waals surface area contributed by atoms with E-state index in [0.717, 1.165) is 18.7 Å². The highest BCUT2D eigenvalue weighted by Gasteiger charge is 2.09. The summed E-state index contributed by atoms with van der Waals surface area (Å²) in [5.41, 5.74) is 0.854. The molecule has 1 aliphatic rings. The van der Waals surface area contributed by atoms with Crippen LogP contribution in [0.1, 0.15) is 24.8 Å². The lowest BCUT2D eigenvalue weighted by Crippen LogP contribution is -2.42. The first kappa shape index (κ1) is 18.4. The Bertz CT molecular complexity index is 519. The van der Waals surface area contributed by atoms with Crippen LogP contribution in [0.2, 0.25) is 0 Å². The van der Waals surface area contributed by atoms with Crippen LogP contribution in [0.3, 0.4) is 0 Å². The Labute approximate surface area is 142 Å². The van der Waals surface area contributed by atoms with Crippen molar-refractivity contribution in [3.8, 4) is 5.75 Å². The summed E-state index contributed by atoms with van der Waals surface area (Å²) in [4.78, 5) is 6.63. The van der Waals surface area contributed by atoms with Crippen LogP contribution in [0.25, 0.3) is 0 Å². The largest absolute Gasteiger partial charge is 0.435 e. The second-order valence-corrected chi connectivity index (χ2v) is 5.78. The monoisotopic (exact) mass is 340 g/mol. The fourth-order valence-electron chi connectivity index (χ4n) is 2.75. The third-order valence-electron chi connectivity index (χ3n) is 3.98. The number of rotatable bonds is 7. The van der Waals surface area contributed by atoms with Gasteiger partial charge in [-0.2, -0.15) is 8.78 Å². The zero-order valence-corrected chi connectivity index (χ0v) is 14.1. The van der Waals surface area contributed by atoms with Crippen molar-refractivity contribution in [3.05, 3.63) is 29.8 Å². The van der Waals surface area contributed by atoms with E-state index < -0.39 is 6.61 Å². The molecule has 0 aromatic heterocycles. The van der Waals surface area contributed by atoms with Crippen molar-refractivity contribution < 1.29 is 13.5 Å². The first-order valence-electron chi connectivity index (χ1n) is 8.38. The van der Waals surface area contributed by atoms with Crippen LogP contribution in [-0.2, 0) is 6.54 Å². The van der Waals surface area contributed by atoms with Crippen LogP contribution < -0.4 is 15.4 Å². The zero-order valence-electron chi connectivity index (χ0n) is 14.1. The predicted octanol–water partition coefficient (Wildman–Crippen LogP) is 2.44. The lowest BCUT2D eigenvalue weighted by Gasteiger charge is -2.26. The molecule has 1 aromatic rings. The maximum absolute atomic E-state index is 12.2. The van der Waals surface area contributed by atoms with Gasteiger partial charge in [-0.3, -0.25) is 4.99 Å². The molecule has 0 unspecified atom stereocenters. The van der Waals surface area contributed by atoms with Gasteiger partial charge >= 0.3 is 6.61 Å². The van der Waals surface area contributed by atoms with E-state index >= 15 is 0 Å². The van der Waals surface area contributed by atoms with Crippen molar-refractivity contribution >= 4 is 5.96 Å². The lowest BCUT2D eigenvalue weighted by atomic mass is 10.1. The van der Waals surface area contributed by atoms with Crippen molar-refractivity contribution in [3.63, 3.8) is 0 Å². The van der Waals surface area contributed by atoms with Crippen LogP contribution in [-0.4, -0.2) is 50.7 Å². The molecule has 0 atom stereocenters. The average Bonchev–Trinajstić information content (AvgIpc) is 2.58. The number of aliphatic imine (C=N–C) groups is 1. The third-order valence-corrected chi connectivity index (χ3v) is 3.98. The molecular weight excluding hydrogens is 314 g/mol. The fraction of sp³-hybridized carbons (Fsp3) is 0.588. The van der Waals surface area contributed by atoms with Gasteiger partial charge in [0.1, 0.15) is 5.75 Å². The molecular formula is C17H26F2N4O. The molecule has 1 saturated heterocycles. The summed E-state index contributed by atoms with van der Waals surface area (Å²) in [5.74, 6) is 0.865. The molecule has 0 amide bonds. The van der Waals surface area contributed by atoms with E-state index in [1.807, 2.05) is 6.07 Å². The topological polar surface area (TPSA) is 48.9 Å². The quantitative estimate of drug-likeness (QED) is 0.591. The number of ether oxygens (including phenoxy) is 1. The molecule has 1 fully saturated rings. The lowest BCUT2D eigenvalue weighted by molar-refractivity contribution is -0.0498. The van der Waals surface area contributed by atoms with Crippen molar-refractivity contribution in [2.45, 2.75) is 32.4 Å². The van der Waals surface area contributed by atoms with Gasteiger partial charge in [-0.1, -0.05) is 18.6 Å². The summed E-state index contributed by atoms with van der Waals surface area (Å²) >= 11 is 0. The summed E-state index contributed by atoms with van der Waals surface area (Å²) in [7, 11) is 1.71. The summed E-state index contributed by atoms with van der Waals surface area (Å²) in [5, 5.41) is 6.46. The maximum atomic E-state index is 12.2. The molecule has 5 nitrogen and oxygen atoms in total. The molecule has 0 bridgehead atoms. The molecule has 1 aliphatic heterocycles. The van der Waals surface area contributed by atoms with Crippen molar-refractivity contribution in [2.24, 2.45) is 4.99 Å². The zero-order chi connectivity index (χ0) is 17.2. The Balaban J connectivity index is 1.72. The van der Waals surface area contributed by atoms with Gasteiger partial charge in [0.2, 0.25) is 0 Å². The van der Waals surface area contributed by atoms with E-state index in [9.17, 15) is 8.78 Å². The van der Waals surface area contributed by atoms with Gasteiger partial charge in [-0.25, -0.2) is 0 Å². The number of nitrogens with zero attached hydrogens (tertiary/aromatic N) is 2. The standard InChI is InChI=1S/C17H26F2N4O/c1-20-17(21-8-11-23-9-3-2-4-10-23)22-13-14-6-5-7-15(12-14)24-16(18)19/h5-7,12,16H,2-4,8-11,13H2,1H3,(H2,20,21,22). The molecule has 0 spiro atoms. The number of guanidine groups is 1. The second-order valence-electron chi connectivity index (χ2n) is 5.78. The van der Waals surface area contributed by atoms with Gasteiger partial charge in [0.15, 0.2) is 5.96 Å².